The summed E-state index contributed by atoms with van der Waals surface area (Å²) in [5.74, 6) is -0.00362. The molecule has 116 valence electrons. The van der Waals surface area contributed by atoms with E-state index in [0.717, 1.165) is 36.7 Å². The smallest absolute Gasteiger partial charge is 0.251 e. The summed E-state index contributed by atoms with van der Waals surface area (Å²) < 4.78 is 1.09. The third-order valence-electron chi connectivity index (χ3n) is 3.85. The van der Waals surface area contributed by atoms with Crippen molar-refractivity contribution < 1.29 is 4.79 Å². The van der Waals surface area contributed by atoms with Gasteiger partial charge in [-0.2, -0.15) is 5.10 Å². The molecular weight excluding hydrogens is 376 g/mol. The summed E-state index contributed by atoms with van der Waals surface area (Å²) in [6.07, 6.45) is 1.84. The molecule has 3 aromatic rings. The highest BCUT2D eigenvalue weighted by Crippen LogP contribution is 2.32. The van der Waals surface area contributed by atoms with Crippen molar-refractivity contribution in [3.8, 4) is 10.6 Å². The molecule has 0 spiro atoms. The Balaban J connectivity index is 1.57. The van der Waals surface area contributed by atoms with Gasteiger partial charge in [0.05, 0.1) is 20.6 Å². The van der Waals surface area contributed by atoms with Crippen LogP contribution in [0, 0.1) is 0 Å². The average molecular weight is 389 g/mol. The van der Waals surface area contributed by atoms with Crippen LogP contribution in [-0.2, 0) is 13.1 Å². The molecule has 1 aliphatic rings. The molecule has 3 heterocycles. The Bertz CT molecular complexity index is 886. The van der Waals surface area contributed by atoms with Gasteiger partial charge in [0.25, 0.3) is 5.91 Å². The van der Waals surface area contributed by atoms with Gasteiger partial charge in [0, 0.05) is 35.5 Å². The molecule has 4 rings (SSSR count). The summed E-state index contributed by atoms with van der Waals surface area (Å²) in [4.78, 5) is 12.9. The van der Waals surface area contributed by atoms with Crippen LogP contribution in [0.5, 0.6) is 0 Å². The molecule has 23 heavy (non-hydrogen) atoms. The Morgan fingerprint density at radius 1 is 1.30 bits per heavy atom. The monoisotopic (exact) mass is 388 g/mol. The number of anilines is 1. The fraction of sp³-hybridized carbons (Fsp3) is 0.125. The maximum Gasteiger partial charge on any atom is 0.251 e. The first kappa shape index (κ1) is 14.5. The average Bonchev–Trinajstić information content (AvgIpc) is 3.26. The zero-order valence-corrected chi connectivity index (χ0v) is 14.4. The van der Waals surface area contributed by atoms with Crippen LogP contribution in [0.25, 0.3) is 10.6 Å². The number of halogens is 1. The molecule has 1 aliphatic heterocycles. The number of carbonyl (C=O) groups is 1. The predicted molar refractivity (Wildman–Crippen MR) is 94.5 cm³/mol. The largest absolute Gasteiger partial charge is 0.381 e. The minimum Gasteiger partial charge on any atom is -0.381 e. The number of hydrogen-bond donors (Lipinski definition) is 3. The SMILES string of the molecule is O=C1NCc2c(NCc3cn[nH]c3-c3ccc(Br)s3)cccc21. The summed E-state index contributed by atoms with van der Waals surface area (Å²) in [6, 6.07) is 9.85. The number of amides is 1. The first-order valence-electron chi connectivity index (χ1n) is 7.14. The Kier molecular flexibility index (Phi) is 3.66. The topological polar surface area (TPSA) is 69.8 Å². The highest BCUT2D eigenvalue weighted by molar-refractivity contribution is 9.11. The number of H-pyrrole nitrogens is 1. The zero-order chi connectivity index (χ0) is 15.8. The van der Waals surface area contributed by atoms with Gasteiger partial charge in [0.1, 0.15) is 0 Å². The Labute approximate surface area is 145 Å². The van der Waals surface area contributed by atoms with Crippen molar-refractivity contribution in [2.75, 3.05) is 5.32 Å². The summed E-state index contributed by atoms with van der Waals surface area (Å²) in [7, 11) is 0. The lowest BCUT2D eigenvalue weighted by molar-refractivity contribution is 0.0966. The molecule has 0 saturated carbocycles. The molecule has 1 aromatic carbocycles. The van der Waals surface area contributed by atoms with E-state index in [0.29, 0.717) is 13.1 Å². The molecule has 0 fully saturated rings. The van der Waals surface area contributed by atoms with Crippen LogP contribution < -0.4 is 10.6 Å². The summed E-state index contributed by atoms with van der Waals surface area (Å²) >= 11 is 5.15. The number of aromatic amines is 1. The third-order valence-corrected chi connectivity index (χ3v) is 5.49. The second-order valence-electron chi connectivity index (χ2n) is 5.24. The fourth-order valence-corrected chi connectivity index (χ4v) is 4.13. The quantitative estimate of drug-likeness (QED) is 0.637. The molecule has 0 bridgehead atoms. The lowest BCUT2D eigenvalue weighted by Gasteiger charge is -2.10. The van der Waals surface area contributed by atoms with Gasteiger partial charge in [-0.15, -0.1) is 11.3 Å². The molecule has 0 atom stereocenters. The molecule has 7 heteroatoms. The van der Waals surface area contributed by atoms with Crippen molar-refractivity contribution in [1.29, 1.82) is 0 Å². The van der Waals surface area contributed by atoms with E-state index in [9.17, 15) is 4.79 Å². The van der Waals surface area contributed by atoms with Crippen LogP contribution in [0.3, 0.4) is 0 Å². The van der Waals surface area contributed by atoms with Crippen LogP contribution in [0.15, 0.2) is 40.3 Å². The van der Waals surface area contributed by atoms with E-state index in [1.165, 1.54) is 0 Å². The Morgan fingerprint density at radius 3 is 3.04 bits per heavy atom. The minimum atomic E-state index is -0.00362. The first-order valence-corrected chi connectivity index (χ1v) is 8.75. The maximum absolute atomic E-state index is 11.7. The van der Waals surface area contributed by atoms with Gasteiger partial charge in [-0.3, -0.25) is 9.89 Å². The number of nitrogens with zero attached hydrogens (tertiary/aromatic N) is 1. The summed E-state index contributed by atoms with van der Waals surface area (Å²) in [5.41, 5.74) is 4.88. The number of rotatable bonds is 4. The Hall–Kier alpha value is -2.12. The highest BCUT2D eigenvalue weighted by Gasteiger charge is 2.21. The van der Waals surface area contributed by atoms with E-state index in [-0.39, 0.29) is 5.91 Å². The van der Waals surface area contributed by atoms with Gasteiger partial charge in [-0.25, -0.2) is 0 Å². The number of fused-ring (bicyclic) bond motifs is 1. The van der Waals surface area contributed by atoms with E-state index < -0.39 is 0 Å². The number of thiophene rings is 1. The van der Waals surface area contributed by atoms with E-state index in [1.807, 2.05) is 30.5 Å². The van der Waals surface area contributed by atoms with Crippen LogP contribution in [0.2, 0.25) is 0 Å². The summed E-state index contributed by atoms with van der Waals surface area (Å²) in [5, 5.41) is 13.5. The van der Waals surface area contributed by atoms with E-state index in [1.54, 1.807) is 11.3 Å². The second-order valence-corrected chi connectivity index (χ2v) is 7.70. The number of aromatic nitrogens is 2. The molecule has 0 radical (unpaired) electrons. The normalized spacial score (nSPS) is 13.0. The first-order chi connectivity index (χ1) is 11.2. The maximum atomic E-state index is 11.7. The van der Waals surface area contributed by atoms with Crippen LogP contribution in [0.4, 0.5) is 5.69 Å². The predicted octanol–water partition coefficient (Wildman–Crippen LogP) is 3.76. The number of carbonyl (C=O) groups excluding carboxylic acids is 1. The number of nitrogens with one attached hydrogen (secondary N) is 3. The minimum absolute atomic E-state index is 0.00362. The van der Waals surface area contributed by atoms with Crippen molar-refractivity contribution >= 4 is 38.9 Å². The molecular formula is C16H13BrN4OS. The highest BCUT2D eigenvalue weighted by atomic mass is 79.9. The van der Waals surface area contributed by atoms with Crippen molar-refractivity contribution in [2.45, 2.75) is 13.1 Å². The third kappa shape index (κ3) is 2.66. The van der Waals surface area contributed by atoms with Gasteiger partial charge in [0.15, 0.2) is 0 Å². The van der Waals surface area contributed by atoms with Gasteiger partial charge < -0.3 is 10.6 Å². The van der Waals surface area contributed by atoms with E-state index in [2.05, 4.69) is 42.8 Å². The number of hydrogen-bond acceptors (Lipinski definition) is 4. The fourth-order valence-electron chi connectivity index (χ4n) is 2.72. The van der Waals surface area contributed by atoms with Gasteiger partial charge in [-0.1, -0.05) is 6.07 Å². The van der Waals surface area contributed by atoms with Crippen LogP contribution >= 0.6 is 27.3 Å². The van der Waals surface area contributed by atoms with Crippen molar-refractivity contribution in [3.63, 3.8) is 0 Å². The molecule has 3 N–H and O–H groups in total. The van der Waals surface area contributed by atoms with Crippen LogP contribution in [0.1, 0.15) is 21.5 Å². The second kappa shape index (κ2) is 5.82. The number of benzene rings is 1. The molecule has 0 aliphatic carbocycles. The van der Waals surface area contributed by atoms with Crippen LogP contribution in [-0.4, -0.2) is 16.1 Å². The van der Waals surface area contributed by atoms with Gasteiger partial charge >= 0.3 is 0 Å². The van der Waals surface area contributed by atoms with E-state index >= 15 is 0 Å². The van der Waals surface area contributed by atoms with Crippen molar-refractivity contribution in [1.82, 2.24) is 15.5 Å². The lowest BCUT2D eigenvalue weighted by atomic mass is 10.1. The molecule has 1 amide bonds. The van der Waals surface area contributed by atoms with Gasteiger partial charge in [-0.05, 0) is 40.2 Å². The lowest BCUT2D eigenvalue weighted by Crippen LogP contribution is -2.12. The standard InChI is InChI=1S/C16H13BrN4OS/c17-14-5-4-13(23-14)15-9(7-20-21-15)6-18-12-3-1-2-10-11(12)8-19-16(10)22/h1-5,7,18H,6,8H2,(H,19,22)(H,20,21). The summed E-state index contributed by atoms with van der Waals surface area (Å²) in [6.45, 7) is 1.22. The molecule has 0 saturated heterocycles. The molecule has 2 aromatic heterocycles. The van der Waals surface area contributed by atoms with Crippen molar-refractivity contribution in [3.05, 3.63) is 57.0 Å². The van der Waals surface area contributed by atoms with Crippen molar-refractivity contribution in [2.24, 2.45) is 0 Å². The zero-order valence-electron chi connectivity index (χ0n) is 12.0. The van der Waals surface area contributed by atoms with E-state index in [4.69, 9.17) is 0 Å². The Morgan fingerprint density at radius 2 is 2.22 bits per heavy atom. The molecule has 0 unspecified atom stereocenters. The molecule has 5 nitrogen and oxygen atoms in total. The van der Waals surface area contributed by atoms with Gasteiger partial charge in [0.2, 0.25) is 0 Å².